The van der Waals surface area contributed by atoms with Crippen molar-refractivity contribution < 1.29 is 9.59 Å². The van der Waals surface area contributed by atoms with Crippen molar-refractivity contribution in [1.29, 1.82) is 0 Å². The molecule has 0 radical (unpaired) electrons. The van der Waals surface area contributed by atoms with E-state index in [2.05, 4.69) is 15.2 Å². The zero-order valence-electron chi connectivity index (χ0n) is 12.1. The number of amides is 2. The molecule has 0 saturated carbocycles. The van der Waals surface area contributed by atoms with Gasteiger partial charge in [0, 0.05) is 25.3 Å². The molecule has 2 rings (SSSR count). The first-order valence-corrected chi connectivity index (χ1v) is 7.95. The van der Waals surface area contributed by atoms with Crippen LogP contribution in [0.2, 0.25) is 0 Å². The summed E-state index contributed by atoms with van der Waals surface area (Å²) in [4.78, 5) is 32.1. The van der Waals surface area contributed by atoms with Crippen molar-refractivity contribution in [2.75, 3.05) is 46.0 Å². The van der Waals surface area contributed by atoms with E-state index >= 15 is 0 Å². The topological polar surface area (TPSA) is 65.0 Å². The second-order valence-electron chi connectivity index (χ2n) is 5.42. The molecule has 0 bridgehead atoms. The summed E-state index contributed by atoms with van der Waals surface area (Å²) in [6.07, 6.45) is 1.27. The molecule has 2 amide bonds. The number of carbonyl (C=O) groups excluding carboxylic acids is 2. The van der Waals surface area contributed by atoms with Gasteiger partial charge in [-0.05, 0) is 27.1 Å². The Kier molecular flexibility index (Phi) is 5.42. The fraction of sp³-hybridized carbons (Fsp3) is 0.769. The average Bonchev–Trinajstić information content (AvgIpc) is 2.99. The summed E-state index contributed by atoms with van der Waals surface area (Å²) in [5.74, 6) is 0.716. The second kappa shape index (κ2) is 7.08. The first-order valence-electron chi connectivity index (χ1n) is 6.97. The number of carbonyl (C=O) groups is 2. The molecular weight excluding hydrogens is 276 g/mol. The van der Waals surface area contributed by atoms with E-state index in [0.717, 1.165) is 31.8 Å². The number of nitrogens with one attached hydrogen (secondary N) is 1. The molecule has 112 valence electrons. The molecule has 6 nitrogen and oxygen atoms in total. The van der Waals surface area contributed by atoms with Crippen LogP contribution >= 0.6 is 11.8 Å². The van der Waals surface area contributed by atoms with Crippen molar-refractivity contribution >= 4 is 28.7 Å². The van der Waals surface area contributed by atoms with Crippen molar-refractivity contribution in [3.05, 3.63) is 0 Å². The van der Waals surface area contributed by atoms with Crippen LogP contribution in [-0.4, -0.2) is 72.8 Å². The van der Waals surface area contributed by atoms with Gasteiger partial charge in [-0.25, -0.2) is 0 Å². The average molecular weight is 298 g/mol. The molecule has 2 aliphatic rings. The van der Waals surface area contributed by atoms with Crippen LogP contribution in [0.15, 0.2) is 4.99 Å². The Labute approximate surface area is 124 Å². The Balaban J connectivity index is 1.77. The SMILES string of the molecule is CN(C)CCCN1CC(C(=O)NC2=NCCS2)CC1=O. The number of likely N-dealkylation sites (tertiary alicyclic amines) is 1. The van der Waals surface area contributed by atoms with Gasteiger partial charge in [-0.1, -0.05) is 11.8 Å². The molecule has 0 aromatic heterocycles. The summed E-state index contributed by atoms with van der Waals surface area (Å²) in [6.45, 7) is 2.99. The molecule has 20 heavy (non-hydrogen) atoms. The summed E-state index contributed by atoms with van der Waals surface area (Å²) in [5.41, 5.74) is 0. The highest BCUT2D eigenvalue weighted by molar-refractivity contribution is 8.14. The van der Waals surface area contributed by atoms with Crippen molar-refractivity contribution in [1.82, 2.24) is 15.1 Å². The number of nitrogens with zero attached hydrogens (tertiary/aromatic N) is 3. The minimum absolute atomic E-state index is 0.0680. The van der Waals surface area contributed by atoms with Gasteiger partial charge < -0.3 is 15.1 Å². The fourth-order valence-corrected chi connectivity index (χ4v) is 3.09. The van der Waals surface area contributed by atoms with Gasteiger partial charge in [-0.3, -0.25) is 14.6 Å². The highest BCUT2D eigenvalue weighted by Gasteiger charge is 2.34. The molecule has 1 fully saturated rings. The summed E-state index contributed by atoms with van der Waals surface area (Å²) < 4.78 is 0. The Bertz CT molecular complexity index is 411. The lowest BCUT2D eigenvalue weighted by molar-refractivity contribution is -0.128. The van der Waals surface area contributed by atoms with Crippen LogP contribution in [0.25, 0.3) is 0 Å². The Morgan fingerprint density at radius 1 is 1.55 bits per heavy atom. The zero-order chi connectivity index (χ0) is 14.5. The van der Waals surface area contributed by atoms with Crippen molar-refractivity contribution in [3.8, 4) is 0 Å². The molecule has 0 aromatic rings. The van der Waals surface area contributed by atoms with E-state index in [4.69, 9.17) is 0 Å². The number of aliphatic imine (C=N–C) groups is 1. The lowest BCUT2D eigenvalue weighted by atomic mass is 10.1. The van der Waals surface area contributed by atoms with E-state index in [-0.39, 0.29) is 17.7 Å². The molecule has 1 N–H and O–H groups in total. The predicted molar refractivity (Wildman–Crippen MR) is 80.8 cm³/mol. The van der Waals surface area contributed by atoms with Crippen LogP contribution in [0.4, 0.5) is 0 Å². The van der Waals surface area contributed by atoms with Gasteiger partial charge in [0.25, 0.3) is 0 Å². The predicted octanol–water partition coefficient (Wildman–Crippen LogP) is 0.00560. The zero-order valence-corrected chi connectivity index (χ0v) is 12.9. The van der Waals surface area contributed by atoms with Gasteiger partial charge in [0.15, 0.2) is 5.17 Å². The summed E-state index contributed by atoms with van der Waals surface area (Å²) in [6, 6.07) is 0. The highest BCUT2D eigenvalue weighted by Crippen LogP contribution is 2.19. The van der Waals surface area contributed by atoms with Gasteiger partial charge in [0.2, 0.25) is 11.8 Å². The van der Waals surface area contributed by atoms with E-state index in [1.54, 1.807) is 16.7 Å². The normalized spacial score (nSPS) is 22.6. The fourth-order valence-electron chi connectivity index (χ4n) is 2.36. The highest BCUT2D eigenvalue weighted by atomic mass is 32.2. The molecule has 2 heterocycles. The second-order valence-corrected chi connectivity index (χ2v) is 6.51. The molecular formula is C13H22N4O2S. The number of thioether (sulfide) groups is 1. The standard InChI is InChI=1S/C13H22N4O2S/c1-16(2)5-3-6-17-9-10(8-11(17)18)12(19)15-13-14-4-7-20-13/h10H,3-9H2,1-2H3,(H,14,15,19). The summed E-state index contributed by atoms with van der Waals surface area (Å²) in [7, 11) is 4.03. The number of hydrogen-bond acceptors (Lipinski definition) is 5. The van der Waals surface area contributed by atoms with Gasteiger partial charge in [0.05, 0.1) is 12.5 Å². The molecule has 0 aliphatic carbocycles. The quantitative estimate of drug-likeness (QED) is 0.776. The monoisotopic (exact) mass is 298 g/mol. The summed E-state index contributed by atoms with van der Waals surface area (Å²) in [5, 5.41) is 3.53. The molecule has 1 atom stereocenters. The van der Waals surface area contributed by atoms with Crippen LogP contribution in [0.3, 0.4) is 0 Å². The first kappa shape index (κ1) is 15.3. The summed E-state index contributed by atoms with van der Waals surface area (Å²) >= 11 is 1.56. The van der Waals surface area contributed by atoms with E-state index < -0.39 is 0 Å². The van der Waals surface area contributed by atoms with Gasteiger partial charge in [-0.15, -0.1) is 0 Å². The van der Waals surface area contributed by atoms with Crippen LogP contribution in [0.5, 0.6) is 0 Å². The number of amidine groups is 1. The van der Waals surface area contributed by atoms with E-state index in [9.17, 15) is 9.59 Å². The smallest absolute Gasteiger partial charge is 0.231 e. The molecule has 0 spiro atoms. The lowest BCUT2D eigenvalue weighted by Crippen LogP contribution is -2.35. The maximum atomic E-state index is 12.1. The number of rotatable bonds is 5. The maximum Gasteiger partial charge on any atom is 0.231 e. The van der Waals surface area contributed by atoms with E-state index in [1.165, 1.54) is 0 Å². The Morgan fingerprint density at radius 2 is 2.35 bits per heavy atom. The largest absolute Gasteiger partial charge is 0.342 e. The van der Waals surface area contributed by atoms with Crippen molar-refractivity contribution in [2.24, 2.45) is 10.9 Å². The molecule has 0 aromatic carbocycles. The van der Waals surface area contributed by atoms with Gasteiger partial charge >= 0.3 is 0 Å². The minimum atomic E-state index is -0.231. The van der Waals surface area contributed by atoms with Gasteiger partial charge in [0.1, 0.15) is 0 Å². The minimum Gasteiger partial charge on any atom is -0.342 e. The maximum absolute atomic E-state index is 12.1. The lowest BCUT2D eigenvalue weighted by Gasteiger charge is -2.18. The van der Waals surface area contributed by atoms with Crippen molar-refractivity contribution in [2.45, 2.75) is 12.8 Å². The third-order valence-corrected chi connectivity index (χ3v) is 4.33. The number of hydrogen-bond donors (Lipinski definition) is 1. The molecule has 2 aliphatic heterocycles. The van der Waals surface area contributed by atoms with Crippen molar-refractivity contribution in [3.63, 3.8) is 0 Å². The third-order valence-electron chi connectivity index (χ3n) is 3.43. The first-order chi connectivity index (χ1) is 9.56. The van der Waals surface area contributed by atoms with Crippen LogP contribution in [-0.2, 0) is 9.59 Å². The van der Waals surface area contributed by atoms with E-state index in [0.29, 0.717) is 18.1 Å². The molecule has 1 unspecified atom stereocenters. The van der Waals surface area contributed by atoms with Gasteiger partial charge in [-0.2, -0.15) is 0 Å². The van der Waals surface area contributed by atoms with Crippen LogP contribution in [0.1, 0.15) is 12.8 Å². The van der Waals surface area contributed by atoms with Crippen LogP contribution in [0, 0.1) is 5.92 Å². The molecule has 1 saturated heterocycles. The Hall–Kier alpha value is -1.08. The van der Waals surface area contributed by atoms with Crippen LogP contribution < -0.4 is 5.32 Å². The van der Waals surface area contributed by atoms with E-state index in [1.807, 2.05) is 14.1 Å². The Morgan fingerprint density at radius 3 is 3.00 bits per heavy atom. The molecule has 7 heteroatoms. The third kappa shape index (κ3) is 4.21.